The van der Waals surface area contributed by atoms with Crippen LogP contribution in [0.2, 0.25) is 0 Å². The number of aryl methyl sites for hydroxylation is 2. The van der Waals surface area contributed by atoms with Crippen LogP contribution in [0, 0.1) is 13.8 Å². The minimum absolute atomic E-state index is 0.188. The molecule has 0 heterocycles. The van der Waals surface area contributed by atoms with Gasteiger partial charge in [-0.15, -0.1) is 0 Å². The van der Waals surface area contributed by atoms with Crippen molar-refractivity contribution >= 4 is 23.5 Å². The number of rotatable bonds is 6. The molecule has 6 heteroatoms. The van der Waals surface area contributed by atoms with Crippen LogP contribution in [0.4, 0.5) is 5.69 Å². The van der Waals surface area contributed by atoms with E-state index >= 15 is 0 Å². The Morgan fingerprint density at radius 1 is 1.00 bits per heavy atom. The highest BCUT2D eigenvalue weighted by Gasteiger charge is 2.24. The van der Waals surface area contributed by atoms with Crippen LogP contribution in [0.1, 0.15) is 34.0 Å². The number of nitrogens with one attached hydrogen (secondary N) is 2. The quantitative estimate of drug-likeness (QED) is 0.768. The summed E-state index contributed by atoms with van der Waals surface area (Å²) in [6.07, 6.45) is 0.348. The topological polar surface area (TPSA) is 84.5 Å². The number of ether oxygens (including phenoxy) is 1. The molecule has 0 aliphatic carbocycles. The van der Waals surface area contributed by atoms with Gasteiger partial charge in [0.25, 0.3) is 5.91 Å². The Morgan fingerprint density at radius 3 is 2.11 bits per heavy atom. The Hall–Kier alpha value is -3.15. The van der Waals surface area contributed by atoms with Gasteiger partial charge in [-0.05, 0) is 54.8 Å². The van der Waals surface area contributed by atoms with Crippen molar-refractivity contribution in [2.75, 3.05) is 12.4 Å². The Morgan fingerprint density at radius 2 is 1.59 bits per heavy atom. The Kier molecular flexibility index (Phi) is 6.71. The summed E-state index contributed by atoms with van der Waals surface area (Å²) in [5.41, 5.74) is 4.10. The predicted octanol–water partition coefficient (Wildman–Crippen LogP) is 2.78. The van der Waals surface area contributed by atoms with Gasteiger partial charge < -0.3 is 15.4 Å². The van der Waals surface area contributed by atoms with Crippen molar-refractivity contribution in [3.8, 4) is 0 Å². The second-order valence-electron chi connectivity index (χ2n) is 6.38. The van der Waals surface area contributed by atoms with Gasteiger partial charge in [0, 0.05) is 24.6 Å². The number of esters is 1. The van der Waals surface area contributed by atoms with E-state index in [2.05, 4.69) is 10.6 Å². The van der Waals surface area contributed by atoms with Crippen LogP contribution in [0.5, 0.6) is 0 Å². The average Bonchev–Trinajstić information content (AvgIpc) is 2.63. The van der Waals surface area contributed by atoms with Crippen LogP contribution >= 0.6 is 0 Å². The second kappa shape index (κ2) is 8.98. The van der Waals surface area contributed by atoms with Crippen LogP contribution in [0.3, 0.4) is 0 Å². The fraction of sp³-hybridized carbons (Fsp3) is 0.286. The van der Waals surface area contributed by atoms with Crippen molar-refractivity contribution in [2.24, 2.45) is 0 Å². The zero-order chi connectivity index (χ0) is 20.0. The molecule has 0 aromatic heterocycles. The highest BCUT2D eigenvalue weighted by Crippen LogP contribution is 2.16. The van der Waals surface area contributed by atoms with Crippen molar-refractivity contribution in [1.82, 2.24) is 5.32 Å². The summed E-state index contributed by atoms with van der Waals surface area (Å²) in [5, 5.41) is 5.39. The van der Waals surface area contributed by atoms with E-state index in [9.17, 15) is 14.4 Å². The van der Waals surface area contributed by atoms with Gasteiger partial charge in [0.2, 0.25) is 5.91 Å². The molecule has 0 bridgehead atoms. The Labute approximate surface area is 158 Å². The van der Waals surface area contributed by atoms with Crippen LogP contribution in [-0.4, -0.2) is 30.9 Å². The molecule has 0 aliphatic heterocycles. The first kappa shape index (κ1) is 20.2. The maximum Gasteiger partial charge on any atom is 0.328 e. The lowest BCUT2D eigenvalue weighted by atomic mass is 9.96. The lowest BCUT2D eigenvalue weighted by Gasteiger charge is -2.19. The van der Waals surface area contributed by atoms with Crippen molar-refractivity contribution in [1.29, 1.82) is 0 Å². The molecule has 142 valence electrons. The fourth-order valence-corrected chi connectivity index (χ4v) is 2.86. The number of amides is 2. The summed E-state index contributed by atoms with van der Waals surface area (Å²) < 4.78 is 4.86. The van der Waals surface area contributed by atoms with E-state index in [1.807, 2.05) is 32.0 Å². The number of carbonyl (C=O) groups excluding carboxylic acids is 3. The second-order valence-corrected chi connectivity index (χ2v) is 6.38. The molecule has 0 saturated heterocycles. The van der Waals surface area contributed by atoms with Crippen molar-refractivity contribution in [3.05, 3.63) is 64.7 Å². The van der Waals surface area contributed by atoms with Gasteiger partial charge >= 0.3 is 5.97 Å². The third kappa shape index (κ3) is 5.41. The molecule has 0 fully saturated rings. The lowest BCUT2D eigenvalue weighted by Crippen LogP contribution is -2.43. The smallest absolute Gasteiger partial charge is 0.328 e. The number of anilines is 1. The monoisotopic (exact) mass is 368 g/mol. The van der Waals surface area contributed by atoms with Crippen molar-refractivity contribution in [3.63, 3.8) is 0 Å². The van der Waals surface area contributed by atoms with E-state index in [0.717, 1.165) is 16.7 Å². The maximum atomic E-state index is 12.6. The van der Waals surface area contributed by atoms with E-state index in [-0.39, 0.29) is 11.8 Å². The molecule has 1 atom stereocenters. The molecule has 0 unspecified atom stereocenters. The van der Waals surface area contributed by atoms with Crippen LogP contribution in [0.25, 0.3) is 0 Å². The summed E-state index contributed by atoms with van der Waals surface area (Å²) in [4.78, 5) is 35.8. The van der Waals surface area contributed by atoms with E-state index in [1.54, 1.807) is 24.3 Å². The minimum atomic E-state index is -0.794. The molecule has 0 aliphatic rings. The standard InChI is InChI=1S/C21H24N2O4/c1-13-6-5-7-14(2)18(13)12-19(21(26)27-4)23-20(25)16-8-10-17(11-9-16)22-15(3)24/h5-11,19H,12H2,1-4H3,(H,22,24)(H,23,25)/t19-/m0/s1. The van der Waals surface area contributed by atoms with E-state index in [4.69, 9.17) is 4.74 Å². The first-order valence-electron chi connectivity index (χ1n) is 8.63. The largest absolute Gasteiger partial charge is 0.467 e. The van der Waals surface area contributed by atoms with Gasteiger partial charge in [0.15, 0.2) is 0 Å². The predicted molar refractivity (Wildman–Crippen MR) is 104 cm³/mol. The number of benzene rings is 2. The number of methoxy groups -OCH3 is 1. The summed E-state index contributed by atoms with van der Waals surface area (Å²) in [5.74, 6) is -1.07. The van der Waals surface area contributed by atoms with Gasteiger partial charge in [-0.1, -0.05) is 18.2 Å². The number of hydrogen-bond acceptors (Lipinski definition) is 4. The number of hydrogen-bond donors (Lipinski definition) is 2. The molecule has 0 saturated carbocycles. The van der Waals surface area contributed by atoms with Crippen LogP contribution < -0.4 is 10.6 Å². The van der Waals surface area contributed by atoms with Gasteiger partial charge in [0.05, 0.1) is 7.11 Å². The van der Waals surface area contributed by atoms with E-state index in [1.165, 1.54) is 14.0 Å². The molecule has 2 rings (SSSR count). The van der Waals surface area contributed by atoms with Gasteiger partial charge in [-0.3, -0.25) is 9.59 Å². The van der Waals surface area contributed by atoms with E-state index in [0.29, 0.717) is 17.7 Å². The minimum Gasteiger partial charge on any atom is -0.467 e. The first-order chi connectivity index (χ1) is 12.8. The average molecular weight is 368 g/mol. The molecule has 2 aromatic carbocycles. The molecular weight excluding hydrogens is 344 g/mol. The fourth-order valence-electron chi connectivity index (χ4n) is 2.86. The normalized spacial score (nSPS) is 11.4. The molecule has 0 spiro atoms. The highest BCUT2D eigenvalue weighted by molar-refractivity contribution is 5.97. The molecule has 2 N–H and O–H groups in total. The first-order valence-corrected chi connectivity index (χ1v) is 8.63. The van der Waals surface area contributed by atoms with Crippen molar-refractivity contribution in [2.45, 2.75) is 33.2 Å². The van der Waals surface area contributed by atoms with E-state index < -0.39 is 12.0 Å². The molecule has 27 heavy (non-hydrogen) atoms. The zero-order valence-corrected chi connectivity index (χ0v) is 16.0. The summed E-state index contributed by atoms with van der Waals surface area (Å²) in [6.45, 7) is 5.35. The third-order valence-electron chi connectivity index (χ3n) is 4.31. The Bertz CT molecular complexity index is 824. The molecule has 2 amide bonds. The highest BCUT2D eigenvalue weighted by atomic mass is 16.5. The molecular formula is C21H24N2O4. The lowest BCUT2D eigenvalue weighted by molar-refractivity contribution is -0.142. The Balaban J connectivity index is 2.17. The van der Waals surface area contributed by atoms with Gasteiger partial charge in [-0.25, -0.2) is 4.79 Å². The third-order valence-corrected chi connectivity index (χ3v) is 4.31. The summed E-state index contributed by atoms with van der Waals surface area (Å²) in [7, 11) is 1.30. The van der Waals surface area contributed by atoms with Gasteiger partial charge in [0.1, 0.15) is 6.04 Å². The summed E-state index contributed by atoms with van der Waals surface area (Å²) >= 11 is 0. The maximum absolute atomic E-state index is 12.6. The number of carbonyl (C=O) groups is 3. The zero-order valence-electron chi connectivity index (χ0n) is 16.0. The van der Waals surface area contributed by atoms with Crippen LogP contribution in [-0.2, 0) is 20.7 Å². The molecule has 6 nitrogen and oxygen atoms in total. The van der Waals surface area contributed by atoms with Crippen molar-refractivity contribution < 1.29 is 19.1 Å². The molecule has 0 radical (unpaired) electrons. The summed E-state index contributed by atoms with van der Waals surface area (Å²) in [6, 6.07) is 11.6. The molecule has 2 aromatic rings. The van der Waals surface area contributed by atoms with Crippen LogP contribution in [0.15, 0.2) is 42.5 Å². The SMILES string of the molecule is COC(=O)[C@H](Cc1c(C)cccc1C)NC(=O)c1ccc(NC(C)=O)cc1. The van der Waals surface area contributed by atoms with Gasteiger partial charge in [-0.2, -0.15) is 0 Å².